The van der Waals surface area contributed by atoms with Gasteiger partial charge in [0.05, 0.1) is 12.8 Å². The lowest BCUT2D eigenvalue weighted by Gasteiger charge is -2.19. The molecule has 1 atom stereocenters. The van der Waals surface area contributed by atoms with Crippen molar-refractivity contribution in [1.29, 1.82) is 0 Å². The summed E-state index contributed by atoms with van der Waals surface area (Å²) in [7, 11) is 3.59. The van der Waals surface area contributed by atoms with Gasteiger partial charge < -0.3 is 15.4 Å². The molecule has 1 aromatic heterocycles. The van der Waals surface area contributed by atoms with Gasteiger partial charge in [0.15, 0.2) is 0 Å². The van der Waals surface area contributed by atoms with Gasteiger partial charge in [-0.15, -0.1) is 0 Å². The second kappa shape index (κ2) is 6.19. The first kappa shape index (κ1) is 14.6. The van der Waals surface area contributed by atoms with Crippen LogP contribution in [0.15, 0.2) is 30.6 Å². The summed E-state index contributed by atoms with van der Waals surface area (Å²) < 4.78 is 7.27. The molecule has 0 saturated heterocycles. The molecule has 3 rings (SSSR count). The van der Waals surface area contributed by atoms with Crippen molar-refractivity contribution in [2.75, 3.05) is 19.0 Å². The van der Waals surface area contributed by atoms with Crippen LogP contribution in [0.1, 0.15) is 23.6 Å². The van der Waals surface area contributed by atoms with Gasteiger partial charge in [0.25, 0.3) is 0 Å². The monoisotopic (exact) mass is 300 g/mol. The molecule has 22 heavy (non-hydrogen) atoms. The SMILES string of the molecule is CNC(C(=O)Nc1ccc2c(c1)CCCO2)c1cnn(C)c1. The molecule has 1 aromatic carbocycles. The van der Waals surface area contributed by atoms with E-state index in [1.165, 1.54) is 0 Å². The summed E-state index contributed by atoms with van der Waals surface area (Å²) in [5.41, 5.74) is 2.77. The van der Waals surface area contributed by atoms with Gasteiger partial charge in [0.2, 0.25) is 5.91 Å². The Bertz CT molecular complexity index is 681. The van der Waals surface area contributed by atoms with Crippen LogP contribution >= 0.6 is 0 Å². The Hall–Kier alpha value is -2.34. The Morgan fingerprint density at radius 3 is 3.05 bits per heavy atom. The average molecular weight is 300 g/mol. The molecule has 0 aliphatic carbocycles. The molecule has 2 N–H and O–H groups in total. The molecule has 0 bridgehead atoms. The summed E-state index contributed by atoms with van der Waals surface area (Å²) >= 11 is 0. The van der Waals surface area contributed by atoms with Gasteiger partial charge in [-0.1, -0.05) is 0 Å². The molecule has 2 aromatic rings. The van der Waals surface area contributed by atoms with Crippen molar-refractivity contribution >= 4 is 11.6 Å². The normalized spacial score (nSPS) is 14.8. The fourth-order valence-electron chi connectivity index (χ4n) is 2.69. The van der Waals surface area contributed by atoms with E-state index in [0.29, 0.717) is 0 Å². The average Bonchev–Trinajstić information content (AvgIpc) is 2.94. The van der Waals surface area contributed by atoms with Crippen molar-refractivity contribution in [3.8, 4) is 5.75 Å². The van der Waals surface area contributed by atoms with Crippen molar-refractivity contribution in [3.63, 3.8) is 0 Å². The standard InChI is InChI=1S/C16H20N4O2/c1-17-15(12-9-18-20(2)10-12)16(21)19-13-5-6-14-11(8-13)4-3-7-22-14/h5-6,8-10,15,17H,3-4,7H2,1-2H3,(H,19,21). The highest BCUT2D eigenvalue weighted by atomic mass is 16.5. The number of hydrogen-bond donors (Lipinski definition) is 2. The number of carbonyl (C=O) groups is 1. The summed E-state index contributed by atoms with van der Waals surface area (Å²) in [5.74, 6) is 0.814. The molecule has 116 valence electrons. The van der Waals surface area contributed by atoms with Crippen LogP contribution in [0.5, 0.6) is 5.75 Å². The zero-order chi connectivity index (χ0) is 15.5. The highest BCUT2D eigenvalue weighted by Gasteiger charge is 2.20. The van der Waals surface area contributed by atoms with Crippen molar-refractivity contribution in [1.82, 2.24) is 15.1 Å². The second-order valence-corrected chi connectivity index (χ2v) is 5.43. The Morgan fingerprint density at radius 2 is 2.32 bits per heavy atom. The number of hydrogen-bond acceptors (Lipinski definition) is 4. The molecule has 1 aliphatic rings. The predicted molar refractivity (Wildman–Crippen MR) is 83.9 cm³/mol. The molecule has 1 amide bonds. The molecule has 6 nitrogen and oxygen atoms in total. The van der Waals surface area contributed by atoms with Crippen LogP contribution in [0.3, 0.4) is 0 Å². The fraction of sp³-hybridized carbons (Fsp3) is 0.375. The van der Waals surface area contributed by atoms with Crippen molar-refractivity contribution < 1.29 is 9.53 Å². The summed E-state index contributed by atoms with van der Waals surface area (Å²) in [6.45, 7) is 0.765. The fourth-order valence-corrected chi connectivity index (χ4v) is 2.69. The topological polar surface area (TPSA) is 68.2 Å². The third kappa shape index (κ3) is 2.96. The molecular weight excluding hydrogens is 280 g/mol. The molecular formula is C16H20N4O2. The van der Waals surface area contributed by atoms with Crippen molar-refractivity contribution in [2.45, 2.75) is 18.9 Å². The Balaban J connectivity index is 1.75. The van der Waals surface area contributed by atoms with Crippen molar-refractivity contribution in [2.24, 2.45) is 7.05 Å². The number of likely N-dealkylation sites (N-methyl/N-ethyl adjacent to an activating group) is 1. The molecule has 0 radical (unpaired) electrons. The number of anilines is 1. The van der Waals surface area contributed by atoms with Crippen LogP contribution in [0.25, 0.3) is 0 Å². The smallest absolute Gasteiger partial charge is 0.246 e. The van der Waals surface area contributed by atoms with E-state index in [4.69, 9.17) is 4.74 Å². The number of aryl methyl sites for hydroxylation is 2. The van der Waals surface area contributed by atoms with E-state index in [9.17, 15) is 4.79 Å². The van der Waals surface area contributed by atoms with Gasteiger partial charge in [0.1, 0.15) is 11.8 Å². The minimum Gasteiger partial charge on any atom is -0.493 e. The lowest BCUT2D eigenvalue weighted by Crippen LogP contribution is -2.30. The number of fused-ring (bicyclic) bond motifs is 1. The first-order valence-corrected chi connectivity index (χ1v) is 7.40. The highest BCUT2D eigenvalue weighted by molar-refractivity contribution is 5.95. The van der Waals surface area contributed by atoms with Gasteiger partial charge in [-0.05, 0) is 43.7 Å². The Labute approximate surface area is 129 Å². The van der Waals surface area contributed by atoms with Crippen LogP contribution in [-0.4, -0.2) is 29.3 Å². The second-order valence-electron chi connectivity index (χ2n) is 5.43. The van der Waals surface area contributed by atoms with E-state index in [-0.39, 0.29) is 5.91 Å². The van der Waals surface area contributed by atoms with E-state index in [2.05, 4.69) is 15.7 Å². The zero-order valence-corrected chi connectivity index (χ0v) is 12.8. The number of rotatable bonds is 4. The van der Waals surface area contributed by atoms with Crippen molar-refractivity contribution in [3.05, 3.63) is 41.7 Å². The largest absolute Gasteiger partial charge is 0.493 e. The van der Waals surface area contributed by atoms with Crippen LogP contribution < -0.4 is 15.4 Å². The number of amides is 1. The van der Waals surface area contributed by atoms with E-state index in [1.54, 1.807) is 17.9 Å². The summed E-state index contributed by atoms with van der Waals surface area (Å²) in [6, 6.07) is 5.35. The molecule has 2 heterocycles. The van der Waals surface area contributed by atoms with Gasteiger partial charge in [-0.3, -0.25) is 9.48 Å². The number of carbonyl (C=O) groups excluding carboxylic acids is 1. The quantitative estimate of drug-likeness (QED) is 0.901. The third-order valence-corrected chi connectivity index (χ3v) is 3.79. The van der Waals surface area contributed by atoms with Gasteiger partial charge in [-0.2, -0.15) is 5.10 Å². The third-order valence-electron chi connectivity index (χ3n) is 3.79. The van der Waals surface area contributed by atoms with Crippen LogP contribution in [-0.2, 0) is 18.3 Å². The molecule has 0 spiro atoms. The first-order valence-electron chi connectivity index (χ1n) is 7.40. The first-order chi connectivity index (χ1) is 10.7. The molecule has 1 unspecified atom stereocenters. The molecule has 6 heteroatoms. The number of aromatic nitrogens is 2. The number of benzene rings is 1. The number of ether oxygens (including phenoxy) is 1. The highest BCUT2D eigenvalue weighted by Crippen LogP contribution is 2.28. The molecule has 0 saturated carbocycles. The number of nitrogens with zero attached hydrogens (tertiary/aromatic N) is 2. The predicted octanol–water partition coefficient (Wildman–Crippen LogP) is 1.64. The maximum atomic E-state index is 12.5. The van der Waals surface area contributed by atoms with E-state index in [1.807, 2.05) is 31.4 Å². The summed E-state index contributed by atoms with van der Waals surface area (Å²) in [6.07, 6.45) is 5.53. The maximum absolute atomic E-state index is 12.5. The molecule has 1 aliphatic heterocycles. The van der Waals surface area contributed by atoms with Crippen LogP contribution in [0, 0.1) is 0 Å². The minimum atomic E-state index is -0.430. The van der Waals surface area contributed by atoms with E-state index >= 15 is 0 Å². The Morgan fingerprint density at radius 1 is 1.45 bits per heavy atom. The van der Waals surface area contributed by atoms with E-state index in [0.717, 1.165) is 42.0 Å². The lowest BCUT2D eigenvalue weighted by molar-refractivity contribution is -0.118. The lowest BCUT2D eigenvalue weighted by atomic mass is 10.1. The summed E-state index contributed by atoms with van der Waals surface area (Å²) in [4.78, 5) is 12.5. The Kier molecular flexibility index (Phi) is 4.11. The molecule has 0 fully saturated rings. The minimum absolute atomic E-state index is 0.104. The summed E-state index contributed by atoms with van der Waals surface area (Å²) in [5, 5.41) is 10.1. The van der Waals surface area contributed by atoms with Gasteiger partial charge in [0, 0.05) is 24.5 Å². The van der Waals surface area contributed by atoms with Crippen LogP contribution in [0.2, 0.25) is 0 Å². The van der Waals surface area contributed by atoms with Gasteiger partial charge >= 0.3 is 0 Å². The van der Waals surface area contributed by atoms with E-state index < -0.39 is 6.04 Å². The van der Waals surface area contributed by atoms with Crippen LogP contribution in [0.4, 0.5) is 5.69 Å². The van der Waals surface area contributed by atoms with Gasteiger partial charge in [-0.25, -0.2) is 0 Å². The maximum Gasteiger partial charge on any atom is 0.246 e. The number of nitrogens with one attached hydrogen (secondary N) is 2. The zero-order valence-electron chi connectivity index (χ0n) is 12.8.